The standard InChI is InChI=1S/C11H13N/c1-9-4-6-10(7-5-9)11-3-2-8-12-11/h3-7,12H,2,8H2,1H3. The second-order valence-electron chi connectivity index (χ2n) is 3.20. The maximum Gasteiger partial charge on any atom is 0.0374 e. The Labute approximate surface area is 73.1 Å². The van der Waals surface area contributed by atoms with Crippen molar-refractivity contribution < 1.29 is 0 Å². The van der Waals surface area contributed by atoms with Gasteiger partial charge in [0.2, 0.25) is 0 Å². The molecule has 1 nitrogen and oxygen atoms in total. The van der Waals surface area contributed by atoms with Crippen LogP contribution in [0.25, 0.3) is 5.70 Å². The molecule has 1 heteroatoms. The molecular formula is C11H13N. The molecule has 0 aromatic heterocycles. The fourth-order valence-corrected chi connectivity index (χ4v) is 1.45. The van der Waals surface area contributed by atoms with E-state index in [0.717, 1.165) is 13.0 Å². The minimum atomic E-state index is 1.09. The number of aryl methyl sites for hydroxylation is 1. The lowest BCUT2D eigenvalue weighted by Gasteiger charge is -2.03. The van der Waals surface area contributed by atoms with Gasteiger partial charge < -0.3 is 5.32 Å². The van der Waals surface area contributed by atoms with E-state index in [4.69, 9.17) is 0 Å². The van der Waals surface area contributed by atoms with Crippen molar-refractivity contribution in [3.63, 3.8) is 0 Å². The van der Waals surface area contributed by atoms with Crippen LogP contribution in [0.3, 0.4) is 0 Å². The zero-order valence-corrected chi connectivity index (χ0v) is 7.30. The molecule has 12 heavy (non-hydrogen) atoms. The molecule has 0 saturated heterocycles. The van der Waals surface area contributed by atoms with Crippen LogP contribution >= 0.6 is 0 Å². The molecule has 1 aromatic rings. The van der Waals surface area contributed by atoms with Crippen LogP contribution in [0, 0.1) is 6.92 Å². The summed E-state index contributed by atoms with van der Waals surface area (Å²) in [5.41, 5.74) is 3.91. The molecule has 1 N–H and O–H groups in total. The lowest BCUT2D eigenvalue weighted by atomic mass is 10.1. The zero-order valence-electron chi connectivity index (χ0n) is 7.30. The van der Waals surface area contributed by atoms with Gasteiger partial charge in [0.15, 0.2) is 0 Å². The van der Waals surface area contributed by atoms with Crippen LogP contribution < -0.4 is 5.32 Å². The Morgan fingerprint density at radius 3 is 2.50 bits per heavy atom. The molecule has 2 rings (SSSR count). The van der Waals surface area contributed by atoms with Crippen molar-refractivity contribution in [1.29, 1.82) is 0 Å². The second-order valence-corrected chi connectivity index (χ2v) is 3.20. The van der Waals surface area contributed by atoms with E-state index in [2.05, 4.69) is 42.6 Å². The number of nitrogens with one attached hydrogen (secondary N) is 1. The first-order valence-corrected chi connectivity index (χ1v) is 4.37. The van der Waals surface area contributed by atoms with E-state index in [9.17, 15) is 0 Å². The van der Waals surface area contributed by atoms with Gasteiger partial charge in [-0.3, -0.25) is 0 Å². The fourth-order valence-electron chi connectivity index (χ4n) is 1.45. The molecule has 0 amide bonds. The number of benzene rings is 1. The number of rotatable bonds is 1. The smallest absolute Gasteiger partial charge is 0.0374 e. The van der Waals surface area contributed by atoms with Crippen molar-refractivity contribution in [2.75, 3.05) is 6.54 Å². The first-order valence-electron chi connectivity index (χ1n) is 4.37. The first kappa shape index (κ1) is 7.41. The van der Waals surface area contributed by atoms with Crippen molar-refractivity contribution in [3.8, 4) is 0 Å². The average molecular weight is 159 g/mol. The van der Waals surface area contributed by atoms with Gasteiger partial charge in [-0.2, -0.15) is 0 Å². The highest BCUT2D eigenvalue weighted by Gasteiger charge is 2.04. The van der Waals surface area contributed by atoms with E-state index in [1.807, 2.05) is 0 Å². The molecule has 0 atom stereocenters. The van der Waals surface area contributed by atoms with Gasteiger partial charge in [0.05, 0.1) is 0 Å². The molecule has 1 aromatic carbocycles. The van der Waals surface area contributed by atoms with Gasteiger partial charge in [0, 0.05) is 12.2 Å². The van der Waals surface area contributed by atoms with E-state index in [1.54, 1.807) is 0 Å². The molecule has 0 bridgehead atoms. The molecule has 0 spiro atoms. The third-order valence-corrected chi connectivity index (χ3v) is 2.17. The molecule has 0 fully saturated rings. The van der Waals surface area contributed by atoms with Gasteiger partial charge in [-0.1, -0.05) is 35.9 Å². The van der Waals surface area contributed by atoms with Gasteiger partial charge in [-0.05, 0) is 18.9 Å². The normalized spacial score (nSPS) is 15.6. The van der Waals surface area contributed by atoms with Crippen LogP contribution in [-0.4, -0.2) is 6.54 Å². The highest BCUT2D eigenvalue weighted by molar-refractivity contribution is 5.65. The summed E-state index contributed by atoms with van der Waals surface area (Å²) in [7, 11) is 0. The SMILES string of the molecule is Cc1ccc(C2=CCCN2)cc1. The van der Waals surface area contributed by atoms with E-state index in [0.29, 0.717) is 0 Å². The Bertz CT molecular complexity index is 295. The Balaban J connectivity index is 2.28. The maximum atomic E-state index is 3.35. The topological polar surface area (TPSA) is 12.0 Å². The lowest BCUT2D eigenvalue weighted by Crippen LogP contribution is -2.05. The van der Waals surface area contributed by atoms with Crippen LogP contribution in [0.15, 0.2) is 30.3 Å². The van der Waals surface area contributed by atoms with Gasteiger partial charge in [0.1, 0.15) is 0 Å². The highest BCUT2D eigenvalue weighted by atomic mass is 14.9. The molecule has 1 aliphatic heterocycles. The molecule has 1 aliphatic rings. The van der Waals surface area contributed by atoms with Gasteiger partial charge in [-0.25, -0.2) is 0 Å². The molecular weight excluding hydrogens is 146 g/mol. The number of hydrogen-bond donors (Lipinski definition) is 1. The highest BCUT2D eigenvalue weighted by Crippen LogP contribution is 2.16. The summed E-state index contributed by atoms with van der Waals surface area (Å²) in [5.74, 6) is 0. The van der Waals surface area contributed by atoms with Crippen LogP contribution in [-0.2, 0) is 0 Å². The van der Waals surface area contributed by atoms with Crippen molar-refractivity contribution >= 4 is 5.70 Å². The first-order chi connectivity index (χ1) is 5.86. The second kappa shape index (κ2) is 3.02. The summed E-state index contributed by atoms with van der Waals surface area (Å²) >= 11 is 0. The Kier molecular flexibility index (Phi) is 1.86. The summed E-state index contributed by atoms with van der Waals surface area (Å²) in [6, 6.07) is 8.63. The molecule has 62 valence electrons. The molecule has 0 radical (unpaired) electrons. The van der Waals surface area contributed by atoms with Crippen molar-refractivity contribution in [3.05, 3.63) is 41.5 Å². The lowest BCUT2D eigenvalue weighted by molar-refractivity contribution is 0.928. The van der Waals surface area contributed by atoms with Crippen molar-refractivity contribution in [2.24, 2.45) is 0 Å². The summed E-state index contributed by atoms with van der Waals surface area (Å²) in [5, 5.41) is 3.35. The Morgan fingerprint density at radius 2 is 1.92 bits per heavy atom. The van der Waals surface area contributed by atoms with Crippen LogP contribution in [0.2, 0.25) is 0 Å². The van der Waals surface area contributed by atoms with Crippen LogP contribution in [0.4, 0.5) is 0 Å². The quantitative estimate of drug-likeness (QED) is 0.663. The molecule has 0 unspecified atom stereocenters. The van der Waals surface area contributed by atoms with E-state index >= 15 is 0 Å². The van der Waals surface area contributed by atoms with Crippen molar-refractivity contribution in [2.45, 2.75) is 13.3 Å². The van der Waals surface area contributed by atoms with Crippen molar-refractivity contribution in [1.82, 2.24) is 5.32 Å². The van der Waals surface area contributed by atoms with Crippen LogP contribution in [0.1, 0.15) is 17.5 Å². The average Bonchev–Trinajstić information content (AvgIpc) is 2.58. The molecule has 0 saturated carbocycles. The van der Waals surface area contributed by atoms with E-state index in [-0.39, 0.29) is 0 Å². The predicted octanol–water partition coefficient (Wildman–Crippen LogP) is 2.33. The third-order valence-electron chi connectivity index (χ3n) is 2.17. The number of hydrogen-bond acceptors (Lipinski definition) is 1. The monoisotopic (exact) mass is 159 g/mol. The molecule has 1 heterocycles. The van der Waals surface area contributed by atoms with E-state index < -0.39 is 0 Å². The Morgan fingerprint density at radius 1 is 1.17 bits per heavy atom. The van der Waals surface area contributed by atoms with E-state index in [1.165, 1.54) is 16.8 Å². The third kappa shape index (κ3) is 1.35. The van der Waals surface area contributed by atoms with Crippen LogP contribution in [0.5, 0.6) is 0 Å². The summed E-state index contributed by atoms with van der Waals surface area (Å²) in [4.78, 5) is 0. The fraction of sp³-hybridized carbons (Fsp3) is 0.273. The minimum Gasteiger partial charge on any atom is -0.385 e. The molecule has 0 aliphatic carbocycles. The Hall–Kier alpha value is -1.24. The van der Waals surface area contributed by atoms with Gasteiger partial charge in [-0.15, -0.1) is 0 Å². The summed E-state index contributed by atoms with van der Waals surface area (Å²) in [6.07, 6.45) is 3.41. The summed E-state index contributed by atoms with van der Waals surface area (Å²) in [6.45, 7) is 3.20. The minimum absolute atomic E-state index is 1.09. The maximum absolute atomic E-state index is 3.35. The predicted molar refractivity (Wildman–Crippen MR) is 51.8 cm³/mol. The summed E-state index contributed by atoms with van der Waals surface area (Å²) < 4.78 is 0. The van der Waals surface area contributed by atoms with Gasteiger partial charge >= 0.3 is 0 Å². The largest absolute Gasteiger partial charge is 0.385 e. The zero-order chi connectivity index (χ0) is 8.39. The van der Waals surface area contributed by atoms with Gasteiger partial charge in [0.25, 0.3) is 0 Å².